The van der Waals surface area contributed by atoms with Crippen molar-refractivity contribution in [2.45, 2.75) is 32.7 Å². The molecule has 28 heavy (non-hydrogen) atoms. The van der Waals surface area contributed by atoms with E-state index < -0.39 is 0 Å². The predicted octanol–water partition coefficient (Wildman–Crippen LogP) is 2.67. The molecule has 0 saturated carbocycles. The molecule has 2 heterocycles. The van der Waals surface area contributed by atoms with Crippen molar-refractivity contribution in [3.8, 4) is 0 Å². The molecule has 2 aromatic carbocycles. The van der Waals surface area contributed by atoms with Gasteiger partial charge in [0, 0.05) is 24.7 Å². The Morgan fingerprint density at radius 3 is 2.36 bits per heavy atom. The summed E-state index contributed by atoms with van der Waals surface area (Å²) in [7, 11) is 0. The number of amides is 3. The molecule has 0 radical (unpaired) electrons. The molecule has 4 rings (SSSR count). The standard InChI is InChI=1S/C22H23N3O3/c1-13-3-4-14(2)19(11-13)25-21(27)17-6-5-15(12-18(17)22(25)28)20(26)24-9-7-16(23)8-10-24/h3-6,11-12,16H,7-10,23H2,1-2H3. The van der Waals surface area contributed by atoms with Crippen LogP contribution in [0.15, 0.2) is 36.4 Å². The molecule has 0 aromatic heterocycles. The van der Waals surface area contributed by atoms with E-state index in [1.54, 1.807) is 23.1 Å². The quantitative estimate of drug-likeness (QED) is 0.816. The van der Waals surface area contributed by atoms with Crippen LogP contribution in [0.3, 0.4) is 0 Å². The SMILES string of the molecule is Cc1ccc(C)c(N2C(=O)c3ccc(C(=O)N4CCC(N)CC4)cc3C2=O)c1. The second-order valence-corrected chi connectivity index (χ2v) is 7.63. The Labute approximate surface area is 163 Å². The molecule has 6 nitrogen and oxygen atoms in total. The van der Waals surface area contributed by atoms with Gasteiger partial charge in [-0.25, -0.2) is 4.90 Å². The van der Waals surface area contributed by atoms with Gasteiger partial charge in [0.1, 0.15) is 0 Å². The monoisotopic (exact) mass is 377 g/mol. The molecule has 2 aliphatic rings. The number of piperidine rings is 1. The minimum Gasteiger partial charge on any atom is -0.339 e. The average Bonchev–Trinajstić information content (AvgIpc) is 2.94. The topological polar surface area (TPSA) is 83.7 Å². The zero-order valence-electron chi connectivity index (χ0n) is 16.1. The molecule has 0 spiro atoms. The van der Waals surface area contributed by atoms with Crippen LogP contribution >= 0.6 is 0 Å². The van der Waals surface area contributed by atoms with Crippen LogP contribution in [-0.2, 0) is 0 Å². The normalized spacial score (nSPS) is 17.2. The Hall–Kier alpha value is -2.99. The van der Waals surface area contributed by atoms with E-state index in [1.807, 2.05) is 32.0 Å². The fraction of sp³-hybridized carbons (Fsp3) is 0.318. The lowest BCUT2D eigenvalue weighted by molar-refractivity contribution is 0.0714. The largest absolute Gasteiger partial charge is 0.339 e. The van der Waals surface area contributed by atoms with Crippen molar-refractivity contribution in [1.82, 2.24) is 4.90 Å². The van der Waals surface area contributed by atoms with Crippen molar-refractivity contribution in [3.63, 3.8) is 0 Å². The maximum atomic E-state index is 13.0. The molecule has 2 aliphatic heterocycles. The molecule has 1 fully saturated rings. The van der Waals surface area contributed by atoms with Crippen molar-refractivity contribution < 1.29 is 14.4 Å². The third-order valence-corrected chi connectivity index (χ3v) is 5.57. The number of hydrogen-bond donors (Lipinski definition) is 1. The first-order valence-electron chi connectivity index (χ1n) is 9.52. The molecule has 0 aliphatic carbocycles. The van der Waals surface area contributed by atoms with Gasteiger partial charge in [-0.3, -0.25) is 14.4 Å². The summed E-state index contributed by atoms with van der Waals surface area (Å²) in [6, 6.07) is 10.6. The average molecular weight is 377 g/mol. The van der Waals surface area contributed by atoms with E-state index in [-0.39, 0.29) is 29.3 Å². The summed E-state index contributed by atoms with van der Waals surface area (Å²) in [5.41, 5.74) is 9.36. The summed E-state index contributed by atoms with van der Waals surface area (Å²) in [5, 5.41) is 0. The van der Waals surface area contributed by atoms with Crippen LogP contribution in [0.25, 0.3) is 0 Å². The van der Waals surface area contributed by atoms with E-state index in [4.69, 9.17) is 5.73 Å². The molecule has 0 unspecified atom stereocenters. The number of hydrogen-bond acceptors (Lipinski definition) is 4. The zero-order valence-corrected chi connectivity index (χ0v) is 16.1. The lowest BCUT2D eigenvalue weighted by Gasteiger charge is -2.30. The van der Waals surface area contributed by atoms with Gasteiger partial charge in [0.25, 0.3) is 17.7 Å². The zero-order chi connectivity index (χ0) is 20.0. The Morgan fingerprint density at radius 2 is 1.64 bits per heavy atom. The van der Waals surface area contributed by atoms with E-state index in [0.29, 0.717) is 29.9 Å². The van der Waals surface area contributed by atoms with Crippen LogP contribution in [0.2, 0.25) is 0 Å². The number of carbonyl (C=O) groups is 3. The highest BCUT2D eigenvalue weighted by atomic mass is 16.2. The Morgan fingerprint density at radius 1 is 0.964 bits per heavy atom. The van der Waals surface area contributed by atoms with Crippen LogP contribution in [-0.4, -0.2) is 41.8 Å². The van der Waals surface area contributed by atoms with Gasteiger partial charge in [-0.15, -0.1) is 0 Å². The van der Waals surface area contributed by atoms with Gasteiger partial charge < -0.3 is 10.6 Å². The van der Waals surface area contributed by atoms with Crippen molar-refractivity contribution >= 4 is 23.4 Å². The Bertz CT molecular complexity index is 991. The van der Waals surface area contributed by atoms with Crippen LogP contribution in [0.1, 0.15) is 55.0 Å². The summed E-state index contributed by atoms with van der Waals surface area (Å²) in [6.07, 6.45) is 1.54. The van der Waals surface area contributed by atoms with Crippen LogP contribution < -0.4 is 10.6 Å². The van der Waals surface area contributed by atoms with Gasteiger partial charge in [0.2, 0.25) is 0 Å². The number of benzene rings is 2. The van der Waals surface area contributed by atoms with Gasteiger partial charge in [0.15, 0.2) is 0 Å². The van der Waals surface area contributed by atoms with E-state index in [9.17, 15) is 14.4 Å². The number of anilines is 1. The van der Waals surface area contributed by atoms with E-state index in [2.05, 4.69) is 0 Å². The van der Waals surface area contributed by atoms with Crippen molar-refractivity contribution in [2.75, 3.05) is 18.0 Å². The smallest absolute Gasteiger partial charge is 0.266 e. The fourth-order valence-corrected chi connectivity index (χ4v) is 3.84. The molecule has 0 bridgehead atoms. The number of aryl methyl sites for hydroxylation is 2. The van der Waals surface area contributed by atoms with E-state index in [1.165, 1.54) is 4.90 Å². The lowest BCUT2D eigenvalue weighted by atomic mass is 10.0. The molecular formula is C22H23N3O3. The molecule has 6 heteroatoms. The molecule has 1 saturated heterocycles. The number of carbonyl (C=O) groups excluding carboxylic acids is 3. The number of nitrogens with zero attached hydrogens (tertiary/aromatic N) is 2. The number of likely N-dealkylation sites (tertiary alicyclic amines) is 1. The molecule has 0 atom stereocenters. The van der Waals surface area contributed by atoms with Gasteiger partial charge >= 0.3 is 0 Å². The van der Waals surface area contributed by atoms with Crippen LogP contribution in [0, 0.1) is 13.8 Å². The van der Waals surface area contributed by atoms with Crippen molar-refractivity contribution in [3.05, 3.63) is 64.2 Å². The maximum absolute atomic E-state index is 13.0. The van der Waals surface area contributed by atoms with Gasteiger partial charge in [-0.2, -0.15) is 0 Å². The molecule has 2 N–H and O–H groups in total. The highest BCUT2D eigenvalue weighted by Gasteiger charge is 2.38. The van der Waals surface area contributed by atoms with Gasteiger partial charge in [-0.05, 0) is 62.1 Å². The molecule has 144 valence electrons. The first-order valence-corrected chi connectivity index (χ1v) is 9.52. The highest BCUT2D eigenvalue weighted by molar-refractivity contribution is 6.35. The number of nitrogens with two attached hydrogens (primary N) is 1. The summed E-state index contributed by atoms with van der Waals surface area (Å²) >= 11 is 0. The Kier molecular flexibility index (Phi) is 4.51. The lowest BCUT2D eigenvalue weighted by Crippen LogP contribution is -2.42. The highest BCUT2D eigenvalue weighted by Crippen LogP contribution is 2.32. The number of rotatable bonds is 2. The van der Waals surface area contributed by atoms with Crippen molar-refractivity contribution in [1.29, 1.82) is 0 Å². The molecular weight excluding hydrogens is 354 g/mol. The minimum atomic E-state index is -0.385. The van der Waals surface area contributed by atoms with Gasteiger partial charge in [-0.1, -0.05) is 12.1 Å². The van der Waals surface area contributed by atoms with Crippen LogP contribution in [0.5, 0.6) is 0 Å². The predicted molar refractivity (Wildman–Crippen MR) is 107 cm³/mol. The second-order valence-electron chi connectivity index (χ2n) is 7.63. The summed E-state index contributed by atoms with van der Waals surface area (Å²) in [6.45, 7) is 5.01. The summed E-state index contributed by atoms with van der Waals surface area (Å²) < 4.78 is 0. The minimum absolute atomic E-state index is 0.125. The van der Waals surface area contributed by atoms with Crippen LogP contribution in [0.4, 0.5) is 5.69 Å². The fourth-order valence-electron chi connectivity index (χ4n) is 3.84. The van der Waals surface area contributed by atoms with E-state index in [0.717, 1.165) is 24.0 Å². The van der Waals surface area contributed by atoms with Gasteiger partial charge in [0.05, 0.1) is 16.8 Å². The number of fused-ring (bicyclic) bond motifs is 1. The first kappa shape index (κ1) is 18.4. The number of imide groups is 1. The third kappa shape index (κ3) is 2.99. The first-order chi connectivity index (χ1) is 13.4. The molecule has 3 amide bonds. The maximum Gasteiger partial charge on any atom is 0.266 e. The summed E-state index contributed by atoms with van der Waals surface area (Å²) in [5.74, 6) is -0.860. The third-order valence-electron chi connectivity index (χ3n) is 5.57. The molecule has 2 aromatic rings. The summed E-state index contributed by atoms with van der Waals surface area (Å²) in [4.78, 5) is 41.7. The Balaban J connectivity index is 1.66. The van der Waals surface area contributed by atoms with E-state index >= 15 is 0 Å². The second kappa shape index (κ2) is 6.87. The van der Waals surface area contributed by atoms with Crippen molar-refractivity contribution in [2.24, 2.45) is 5.73 Å².